The minimum absolute atomic E-state index is 0.562. The first kappa shape index (κ1) is 13.6. The van der Waals surface area contributed by atoms with E-state index in [1.807, 2.05) is 55.5 Å². The second-order valence-electron chi connectivity index (χ2n) is 4.58. The lowest BCUT2D eigenvalue weighted by molar-refractivity contribution is 1.14. The molecule has 0 spiro atoms. The lowest BCUT2D eigenvalue weighted by Gasteiger charge is -2.10. The van der Waals surface area contributed by atoms with Crippen molar-refractivity contribution >= 4 is 40.0 Å². The zero-order valence-electron chi connectivity index (χ0n) is 11.6. The van der Waals surface area contributed by atoms with Crippen LogP contribution in [0.2, 0.25) is 5.02 Å². The van der Waals surface area contributed by atoms with Gasteiger partial charge in [-0.05, 0) is 43.3 Å². The maximum Gasteiger partial charge on any atom is 0.229 e. The van der Waals surface area contributed by atoms with E-state index >= 15 is 0 Å². The molecule has 0 radical (unpaired) electrons. The molecule has 2 aromatic carbocycles. The monoisotopic (exact) mass is 298 g/mol. The Morgan fingerprint density at radius 3 is 2.52 bits per heavy atom. The maximum atomic E-state index is 5.89. The highest BCUT2D eigenvalue weighted by Crippen LogP contribution is 2.23. The van der Waals surface area contributed by atoms with Gasteiger partial charge in [0, 0.05) is 22.6 Å². The van der Waals surface area contributed by atoms with Crippen molar-refractivity contribution in [2.45, 2.75) is 6.92 Å². The van der Waals surface area contributed by atoms with Crippen LogP contribution in [0.5, 0.6) is 0 Å². The number of hydrogen-bond acceptors (Lipinski definition) is 4. The Morgan fingerprint density at radius 2 is 1.76 bits per heavy atom. The summed E-state index contributed by atoms with van der Waals surface area (Å²) in [7, 11) is 0. The number of benzene rings is 2. The molecule has 0 fully saturated rings. The Hall–Kier alpha value is -2.33. The summed E-state index contributed by atoms with van der Waals surface area (Å²) >= 11 is 5.89. The molecule has 0 amide bonds. The van der Waals surface area contributed by atoms with Gasteiger partial charge in [0.15, 0.2) is 0 Å². The molecule has 0 atom stereocenters. The van der Waals surface area contributed by atoms with Gasteiger partial charge in [-0.25, -0.2) is 4.98 Å². The molecule has 0 unspecified atom stereocenters. The fourth-order valence-corrected chi connectivity index (χ4v) is 2.22. The summed E-state index contributed by atoms with van der Waals surface area (Å²) in [6.45, 7) is 2.85. The molecule has 106 valence electrons. The summed E-state index contributed by atoms with van der Waals surface area (Å²) in [4.78, 5) is 9.08. The largest absolute Gasteiger partial charge is 0.370 e. The fourth-order valence-electron chi connectivity index (χ4n) is 2.10. The first-order valence-electron chi connectivity index (χ1n) is 6.79. The van der Waals surface area contributed by atoms with Crippen molar-refractivity contribution in [1.82, 2.24) is 9.97 Å². The van der Waals surface area contributed by atoms with E-state index < -0.39 is 0 Å². The van der Waals surface area contributed by atoms with Crippen molar-refractivity contribution in [1.29, 1.82) is 0 Å². The van der Waals surface area contributed by atoms with E-state index in [1.165, 1.54) is 0 Å². The van der Waals surface area contributed by atoms with Crippen LogP contribution in [0.15, 0.2) is 48.5 Å². The molecular weight excluding hydrogens is 284 g/mol. The van der Waals surface area contributed by atoms with E-state index in [1.54, 1.807) is 0 Å². The lowest BCUT2D eigenvalue weighted by atomic mass is 10.2. The Balaban J connectivity index is 2.00. The van der Waals surface area contributed by atoms with Crippen molar-refractivity contribution in [3.8, 4) is 0 Å². The summed E-state index contributed by atoms with van der Waals surface area (Å²) in [6.07, 6.45) is 0. The Labute approximate surface area is 128 Å². The molecule has 0 bridgehead atoms. The molecule has 0 saturated heterocycles. The van der Waals surface area contributed by atoms with Crippen LogP contribution in [0, 0.1) is 0 Å². The van der Waals surface area contributed by atoms with Crippen molar-refractivity contribution in [2.75, 3.05) is 17.2 Å². The van der Waals surface area contributed by atoms with Crippen molar-refractivity contribution in [2.24, 2.45) is 0 Å². The highest BCUT2D eigenvalue weighted by molar-refractivity contribution is 6.30. The summed E-state index contributed by atoms with van der Waals surface area (Å²) < 4.78 is 0. The SMILES string of the molecule is CCNc1nc(Nc2ccc(Cl)cc2)nc2ccccc12. The number of hydrogen-bond donors (Lipinski definition) is 2. The van der Waals surface area contributed by atoms with Crippen LogP contribution in [0.3, 0.4) is 0 Å². The van der Waals surface area contributed by atoms with E-state index in [-0.39, 0.29) is 0 Å². The number of aromatic nitrogens is 2. The van der Waals surface area contributed by atoms with Gasteiger partial charge in [-0.1, -0.05) is 23.7 Å². The first-order chi connectivity index (χ1) is 10.3. The molecule has 2 N–H and O–H groups in total. The van der Waals surface area contributed by atoms with E-state index in [9.17, 15) is 0 Å². The molecule has 5 heteroatoms. The van der Waals surface area contributed by atoms with Gasteiger partial charge in [0.25, 0.3) is 0 Å². The summed E-state index contributed by atoms with van der Waals surface area (Å²) in [5, 5.41) is 8.19. The molecular formula is C16H15ClN4. The van der Waals surface area contributed by atoms with Gasteiger partial charge in [-0.2, -0.15) is 4.98 Å². The van der Waals surface area contributed by atoms with Gasteiger partial charge in [-0.3, -0.25) is 0 Å². The van der Waals surface area contributed by atoms with Crippen LogP contribution in [-0.4, -0.2) is 16.5 Å². The topological polar surface area (TPSA) is 49.8 Å². The quantitative estimate of drug-likeness (QED) is 0.746. The van der Waals surface area contributed by atoms with Gasteiger partial charge in [0.1, 0.15) is 5.82 Å². The summed E-state index contributed by atoms with van der Waals surface area (Å²) in [6, 6.07) is 15.4. The fraction of sp³-hybridized carbons (Fsp3) is 0.125. The number of anilines is 3. The molecule has 1 heterocycles. The lowest BCUT2D eigenvalue weighted by Crippen LogP contribution is -2.04. The first-order valence-corrected chi connectivity index (χ1v) is 7.17. The number of halogens is 1. The van der Waals surface area contributed by atoms with Gasteiger partial charge in [0.05, 0.1) is 5.52 Å². The van der Waals surface area contributed by atoms with Crippen molar-refractivity contribution < 1.29 is 0 Å². The molecule has 0 saturated carbocycles. The third-order valence-electron chi connectivity index (χ3n) is 3.05. The van der Waals surface area contributed by atoms with Crippen LogP contribution >= 0.6 is 11.6 Å². The van der Waals surface area contributed by atoms with E-state index in [0.29, 0.717) is 11.0 Å². The minimum atomic E-state index is 0.562. The highest BCUT2D eigenvalue weighted by atomic mass is 35.5. The standard InChI is InChI=1S/C16H15ClN4/c1-2-18-15-13-5-3-4-6-14(13)20-16(21-15)19-12-9-7-11(17)8-10-12/h3-10H,2H2,1H3,(H2,18,19,20,21). The third kappa shape index (κ3) is 3.06. The van der Waals surface area contributed by atoms with E-state index in [2.05, 4.69) is 20.6 Å². The van der Waals surface area contributed by atoms with Crippen LogP contribution < -0.4 is 10.6 Å². The number of nitrogens with one attached hydrogen (secondary N) is 2. The van der Waals surface area contributed by atoms with Crippen molar-refractivity contribution in [3.63, 3.8) is 0 Å². The van der Waals surface area contributed by atoms with Crippen LogP contribution in [-0.2, 0) is 0 Å². The molecule has 3 aromatic rings. The van der Waals surface area contributed by atoms with Gasteiger partial charge < -0.3 is 10.6 Å². The molecule has 3 rings (SSSR count). The smallest absolute Gasteiger partial charge is 0.229 e. The number of rotatable bonds is 4. The third-order valence-corrected chi connectivity index (χ3v) is 3.30. The second-order valence-corrected chi connectivity index (χ2v) is 5.01. The summed E-state index contributed by atoms with van der Waals surface area (Å²) in [5.74, 6) is 1.39. The predicted molar refractivity (Wildman–Crippen MR) is 88.4 cm³/mol. The zero-order chi connectivity index (χ0) is 14.7. The Bertz CT molecular complexity index is 756. The molecule has 0 aliphatic heterocycles. The van der Waals surface area contributed by atoms with E-state index in [4.69, 9.17) is 11.6 Å². The van der Waals surface area contributed by atoms with Gasteiger partial charge in [-0.15, -0.1) is 0 Å². The molecule has 0 aliphatic rings. The average Bonchev–Trinajstić information content (AvgIpc) is 2.50. The number of fused-ring (bicyclic) bond motifs is 1. The minimum Gasteiger partial charge on any atom is -0.370 e. The second kappa shape index (κ2) is 5.97. The van der Waals surface area contributed by atoms with Gasteiger partial charge in [0.2, 0.25) is 5.95 Å². The predicted octanol–water partition coefficient (Wildman–Crippen LogP) is 4.46. The highest BCUT2D eigenvalue weighted by Gasteiger charge is 2.06. The average molecular weight is 299 g/mol. The summed E-state index contributed by atoms with van der Waals surface area (Å²) in [5.41, 5.74) is 1.80. The Morgan fingerprint density at radius 1 is 1.00 bits per heavy atom. The number of nitrogens with zero attached hydrogens (tertiary/aromatic N) is 2. The number of para-hydroxylation sites is 1. The van der Waals surface area contributed by atoms with Crippen molar-refractivity contribution in [3.05, 3.63) is 53.6 Å². The molecule has 4 nitrogen and oxygen atoms in total. The van der Waals surface area contributed by atoms with Gasteiger partial charge >= 0.3 is 0 Å². The molecule has 1 aromatic heterocycles. The van der Waals surface area contributed by atoms with Crippen LogP contribution in [0.4, 0.5) is 17.5 Å². The molecule has 0 aliphatic carbocycles. The van der Waals surface area contributed by atoms with E-state index in [0.717, 1.165) is 29.0 Å². The Kier molecular flexibility index (Phi) is 3.88. The zero-order valence-corrected chi connectivity index (χ0v) is 12.4. The van der Waals surface area contributed by atoms with Crippen LogP contribution in [0.25, 0.3) is 10.9 Å². The maximum absolute atomic E-state index is 5.89. The normalized spacial score (nSPS) is 10.6. The molecule has 21 heavy (non-hydrogen) atoms. The van der Waals surface area contributed by atoms with Crippen LogP contribution in [0.1, 0.15) is 6.92 Å².